The summed E-state index contributed by atoms with van der Waals surface area (Å²) in [5, 5.41) is 15.7. The van der Waals surface area contributed by atoms with Gasteiger partial charge in [0, 0.05) is 27.4 Å². The summed E-state index contributed by atoms with van der Waals surface area (Å²) in [6, 6.07) is 14.1. The summed E-state index contributed by atoms with van der Waals surface area (Å²) >= 11 is 1.72. The topological polar surface area (TPSA) is 34.4 Å². The smallest absolute Gasteiger partial charge is 0.203 e. The first-order valence-electron chi connectivity index (χ1n) is 7.60. The van der Waals surface area contributed by atoms with Crippen molar-refractivity contribution >= 4 is 32.2 Å². The molecule has 0 saturated carbocycles. The average Bonchev–Trinajstić information content (AvgIpc) is 3.11. The Morgan fingerprint density at radius 3 is 2.74 bits per heavy atom. The third kappa shape index (κ3) is 2.45. The Morgan fingerprint density at radius 1 is 1.04 bits per heavy atom. The van der Waals surface area contributed by atoms with E-state index >= 15 is 0 Å². The molecule has 0 aliphatic rings. The molecule has 4 aromatic rings. The van der Waals surface area contributed by atoms with Crippen LogP contribution in [0.15, 0.2) is 54.0 Å². The Kier molecular flexibility index (Phi) is 3.27. The number of hydrogen-bond acceptors (Lipinski definition) is 3. The van der Waals surface area contributed by atoms with E-state index in [1.165, 1.54) is 10.1 Å². The van der Waals surface area contributed by atoms with Crippen LogP contribution < -0.4 is 4.74 Å². The van der Waals surface area contributed by atoms with E-state index in [-0.39, 0.29) is 12.0 Å². The highest BCUT2D eigenvalue weighted by Gasteiger charge is 2.12. The number of aromatic nitrogens is 1. The molecule has 0 amide bonds. The number of rotatable bonds is 3. The molecule has 0 aliphatic heterocycles. The lowest BCUT2D eigenvalue weighted by atomic mass is 10.2. The summed E-state index contributed by atoms with van der Waals surface area (Å²) in [6.45, 7) is 3.98. The minimum atomic E-state index is 0.109. The number of thiophene rings is 1. The van der Waals surface area contributed by atoms with Gasteiger partial charge < -0.3 is 9.84 Å². The van der Waals surface area contributed by atoms with Crippen LogP contribution in [0.5, 0.6) is 11.6 Å². The van der Waals surface area contributed by atoms with E-state index in [2.05, 4.69) is 23.6 Å². The Balaban J connectivity index is 1.84. The van der Waals surface area contributed by atoms with E-state index in [0.717, 1.165) is 22.2 Å². The maximum Gasteiger partial charge on any atom is 0.203 e. The molecular weight excluding hydrogens is 306 g/mol. The van der Waals surface area contributed by atoms with Gasteiger partial charge in [0.15, 0.2) is 0 Å². The lowest BCUT2D eigenvalue weighted by molar-refractivity contribution is 0.242. The Morgan fingerprint density at radius 2 is 1.91 bits per heavy atom. The van der Waals surface area contributed by atoms with Crippen molar-refractivity contribution in [3.05, 3.63) is 54.0 Å². The van der Waals surface area contributed by atoms with Gasteiger partial charge in [-0.05, 0) is 67.1 Å². The van der Waals surface area contributed by atoms with E-state index in [0.29, 0.717) is 0 Å². The SMILES string of the molecule is CC(C)Oc1ccc2cn(-c3ccc4sccc4c3)c(O)c2c1. The zero-order valence-electron chi connectivity index (χ0n) is 13.0. The third-order valence-corrected chi connectivity index (χ3v) is 4.75. The summed E-state index contributed by atoms with van der Waals surface area (Å²) in [5.74, 6) is 1.01. The first kappa shape index (κ1) is 14.2. The van der Waals surface area contributed by atoms with Crippen LogP contribution in [0.25, 0.3) is 26.5 Å². The van der Waals surface area contributed by atoms with Gasteiger partial charge in [0.05, 0.1) is 6.10 Å². The van der Waals surface area contributed by atoms with Crippen LogP contribution in [0.3, 0.4) is 0 Å². The molecule has 0 radical (unpaired) electrons. The molecular formula is C19H17NO2S. The highest BCUT2D eigenvalue weighted by Crippen LogP contribution is 2.34. The largest absolute Gasteiger partial charge is 0.494 e. The zero-order valence-corrected chi connectivity index (χ0v) is 13.8. The Hall–Kier alpha value is -2.46. The molecule has 3 nitrogen and oxygen atoms in total. The molecule has 0 fully saturated rings. The lowest BCUT2D eigenvalue weighted by Gasteiger charge is -2.09. The van der Waals surface area contributed by atoms with Crippen LogP contribution in [0.1, 0.15) is 13.8 Å². The number of nitrogens with zero attached hydrogens (tertiary/aromatic N) is 1. The van der Waals surface area contributed by atoms with Crippen molar-refractivity contribution in [3.8, 4) is 17.3 Å². The van der Waals surface area contributed by atoms with E-state index in [1.54, 1.807) is 11.3 Å². The second kappa shape index (κ2) is 5.32. The first-order chi connectivity index (χ1) is 11.1. The summed E-state index contributed by atoms with van der Waals surface area (Å²) in [5.41, 5.74) is 0.955. The van der Waals surface area contributed by atoms with E-state index < -0.39 is 0 Å². The maximum atomic E-state index is 10.6. The fourth-order valence-corrected chi connectivity index (χ4v) is 3.59. The van der Waals surface area contributed by atoms with Crippen LogP contribution >= 0.6 is 11.3 Å². The number of ether oxygens (including phenoxy) is 1. The maximum absolute atomic E-state index is 10.6. The molecule has 2 heterocycles. The quantitative estimate of drug-likeness (QED) is 0.552. The number of hydrogen-bond donors (Lipinski definition) is 1. The first-order valence-corrected chi connectivity index (χ1v) is 8.48. The van der Waals surface area contributed by atoms with Crippen molar-refractivity contribution in [2.75, 3.05) is 0 Å². The van der Waals surface area contributed by atoms with Crippen molar-refractivity contribution in [2.45, 2.75) is 20.0 Å². The van der Waals surface area contributed by atoms with Crippen molar-refractivity contribution in [2.24, 2.45) is 0 Å². The second-order valence-corrected chi connectivity index (χ2v) is 6.83. The van der Waals surface area contributed by atoms with Crippen LogP contribution in [0.4, 0.5) is 0 Å². The molecule has 0 spiro atoms. The molecule has 4 heteroatoms. The second-order valence-electron chi connectivity index (χ2n) is 5.88. The van der Waals surface area contributed by atoms with Gasteiger partial charge >= 0.3 is 0 Å². The van der Waals surface area contributed by atoms with Crippen molar-refractivity contribution in [1.29, 1.82) is 0 Å². The van der Waals surface area contributed by atoms with Gasteiger partial charge in [0.1, 0.15) is 5.75 Å². The van der Waals surface area contributed by atoms with Crippen LogP contribution in [0, 0.1) is 0 Å². The minimum absolute atomic E-state index is 0.109. The highest BCUT2D eigenvalue weighted by molar-refractivity contribution is 7.17. The molecule has 0 saturated heterocycles. The van der Waals surface area contributed by atoms with Gasteiger partial charge in [-0.2, -0.15) is 0 Å². The van der Waals surface area contributed by atoms with Crippen molar-refractivity contribution in [3.63, 3.8) is 0 Å². The van der Waals surface area contributed by atoms with Gasteiger partial charge in [0.2, 0.25) is 5.88 Å². The standard InChI is InChI=1S/C19H17NO2S/c1-12(2)22-16-5-3-14-11-20(19(21)17(14)10-16)15-4-6-18-13(9-15)7-8-23-18/h3-12,21H,1-2H3. The van der Waals surface area contributed by atoms with Gasteiger partial charge in [-0.1, -0.05) is 0 Å². The Labute approximate surface area is 138 Å². The summed E-state index contributed by atoms with van der Waals surface area (Å²) in [6.07, 6.45) is 2.06. The molecule has 0 atom stereocenters. The van der Waals surface area contributed by atoms with Crippen LogP contribution in [-0.4, -0.2) is 15.8 Å². The van der Waals surface area contributed by atoms with Gasteiger partial charge in [-0.15, -0.1) is 11.3 Å². The van der Waals surface area contributed by atoms with Crippen LogP contribution in [0.2, 0.25) is 0 Å². The number of aromatic hydroxyl groups is 1. The molecule has 116 valence electrons. The molecule has 0 bridgehead atoms. The fourth-order valence-electron chi connectivity index (χ4n) is 2.82. The number of benzene rings is 2. The predicted octanol–water partition coefficient (Wildman–Crippen LogP) is 5.34. The normalized spacial score (nSPS) is 11.6. The summed E-state index contributed by atoms with van der Waals surface area (Å²) in [7, 11) is 0. The van der Waals surface area contributed by atoms with Crippen molar-refractivity contribution < 1.29 is 9.84 Å². The highest BCUT2D eigenvalue weighted by atomic mass is 32.1. The van der Waals surface area contributed by atoms with Crippen molar-refractivity contribution in [1.82, 2.24) is 4.57 Å². The number of fused-ring (bicyclic) bond motifs is 2. The Bertz CT molecular complexity index is 997. The molecule has 23 heavy (non-hydrogen) atoms. The fraction of sp³-hybridized carbons (Fsp3) is 0.158. The summed E-state index contributed by atoms with van der Waals surface area (Å²) < 4.78 is 8.79. The zero-order chi connectivity index (χ0) is 16.0. The van der Waals surface area contributed by atoms with Gasteiger partial charge in [-0.3, -0.25) is 4.57 Å². The summed E-state index contributed by atoms with van der Waals surface area (Å²) in [4.78, 5) is 0. The minimum Gasteiger partial charge on any atom is -0.494 e. The molecule has 0 unspecified atom stereocenters. The van der Waals surface area contributed by atoms with E-state index in [4.69, 9.17) is 4.74 Å². The van der Waals surface area contributed by atoms with E-state index in [1.807, 2.05) is 48.9 Å². The monoisotopic (exact) mass is 323 g/mol. The van der Waals surface area contributed by atoms with Gasteiger partial charge in [0.25, 0.3) is 0 Å². The molecule has 4 rings (SSSR count). The third-order valence-electron chi connectivity index (χ3n) is 3.85. The van der Waals surface area contributed by atoms with E-state index in [9.17, 15) is 5.11 Å². The predicted molar refractivity (Wildman–Crippen MR) is 96.1 cm³/mol. The molecule has 2 aromatic carbocycles. The van der Waals surface area contributed by atoms with Crippen LogP contribution in [-0.2, 0) is 0 Å². The molecule has 1 N–H and O–H groups in total. The lowest BCUT2D eigenvalue weighted by Crippen LogP contribution is -2.04. The van der Waals surface area contributed by atoms with Gasteiger partial charge in [-0.25, -0.2) is 0 Å². The molecule has 0 aliphatic carbocycles. The molecule has 2 aromatic heterocycles. The average molecular weight is 323 g/mol.